The standard InChI is InChI=1S/C13H18FN3O.HI/c14-11-3-5-12(6-4-11)18-10-2-9-17-13-15-7-1-8-16-13;/h3-6H,1-2,7-10H2,(H2,15,16,17);1H. The first kappa shape index (κ1) is 16.0. The SMILES string of the molecule is Fc1ccc(OCCCNC2=NCCCN2)cc1.I. The molecule has 106 valence electrons. The molecule has 0 unspecified atom stereocenters. The molecule has 1 aliphatic heterocycles. The molecule has 1 heterocycles. The lowest BCUT2D eigenvalue weighted by Crippen LogP contribution is -2.41. The Kier molecular flexibility index (Phi) is 7.54. The largest absolute Gasteiger partial charge is 0.494 e. The predicted molar refractivity (Wildman–Crippen MR) is 84.9 cm³/mol. The number of aliphatic imine (C=N–C) groups is 1. The van der Waals surface area contributed by atoms with Gasteiger partial charge in [-0.05, 0) is 37.1 Å². The lowest BCUT2D eigenvalue weighted by atomic mass is 10.3. The van der Waals surface area contributed by atoms with Gasteiger partial charge in [0.25, 0.3) is 0 Å². The first-order valence-electron chi connectivity index (χ1n) is 6.25. The molecule has 0 fully saturated rings. The molecule has 0 aromatic heterocycles. The molecule has 0 spiro atoms. The van der Waals surface area contributed by atoms with Gasteiger partial charge < -0.3 is 15.4 Å². The van der Waals surface area contributed by atoms with Gasteiger partial charge >= 0.3 is 0 Å². The van der Waals surface area contributed by atoms with Crippen LogP contribution in [0.1, 0.15) is 12.8 Å². The summed E-state index contributed by atoms with van der Waals surface area (Å²) < 4.78 is 18.1. The molecule has 0 bridgehead atoms. The number of rotatable bonds is 5. The molecule has 4 nitrogen and oxygen atoms in total. The van der Waals surface area contributed by atoms with E-state index in [1.54, 1.807) is 12.1 Å². The lowest BCUT2D eigenvalue weighted by Gasteiger charge is -2.15. The van der Waals surface area contributed by atoms with E-state index in [2.05, 4.69) is 15.6 Å². The quantitative estimate of drug-likeness (QED) is 0.609. The predicted octanol–water partition coefficient (Wildman–Crippen LogP) is 2.15. The molecule has 2 rings (SSSR count). The van der Waals surface area contributed by atoms with Crippen molar-refractivity contribution in [1.29, 1.82) is 0 Å². The van der Waals surface area contributed by atoms with Gasteiger partial charge in [-0.15, -0.1) is 24.0 Å². The zero-order valence-electron chi connectivity index (χ0n) is 10.7. The van der Waals surface area contributed by atoms with E-state index in [4.69, 9.17) is 4.74 Å². The number of guanidine groups is 1. The number of hydrogen-bond acceptors (Lipinski definition) is 4. The molecule has 1 aromatic rings. The van der Waals surface area contributed by atoms with Crippen molar-refractivity contribution in [2.75, 3.05) is 26.2 Å². The summed E-state index contributed by atoms with van der Waals surface area (Å²) in [4.78, 5) is 4.31. The van der Waals surface area contributed by atoms with Crippen LogP contribution in [0.25, 0.3) is 0 Å². The van der Waals surface area contributed by atoms with Crippen LogP contribution in [0.4, 0.5) is 4.39 Å². The zero-order chi connectivity index (χ0) is 12.6. The Hall–Kier alpha value is -1.05. The van der Waals surface area contributed by atoms with Crippen LogP contribution in [0.15, 0.2) is 29.3 Å². The first-order valence-corrected chi connectivity index (χ1v) is 6.25. The normalized spacial score (nSPS) is 13.8. The Labute approximate surface area is 129 Å². The van der Waals surface area contributed by atoms with E-state index in [1.807, 2.05) is 0 Å². The van der Waals surface area contributed by atoms with Gasteiger partial charge in [0.1, 0.15) is 11.6 Å². The van der Waals surface area contributed by atoms with Gasteiger partial charge in [0.2, 0.25) is 0 Å². The lowest BCUT2D eigenvalue weighted by molar-refractivity contribution is 0.310. The number of benzene rings is 1. The minimum Gasteiger partial charge on any atom is -0.494 e. The average Bonchev–Trinajstić information content (AvgIpc) is 2.42. The summed E-state index contributed by atoms with van der Waals surface area (Å²) >= 11 is 0. The molecule has 6 heteroatoms. The smallest absolute Gasteiger partial charge is 0.191 e. The topological polar surface area (TPSA) is 45.6 Å². The van der Waals surface area contributed by atoms with Crippen LogP contribution in [-0.2, 0) is 0 Å². The van der Waals surface area contributed by atoms with Gasteiger partial charge in [-0.1, -0.05) is 0 Å². The fourth-order valence-electron chi connectivity index (χ4n) is 1.65. The van der Waals surface area contributed by atoms with Crippen molar-refractivity contribution in [1.82, 2.24) is 10.6 Å². The van der Waals surface area contributed by atoms with Crippen LogP contribution in [0.3, 0.4) is 0 Å². The van der Waals surface area contributed by atoms with Crippen LogP contribution in [0.2, 0.25) is 0 Å². The molecule has 0 atom stereocenters. The van der Waals surface area contributed by atoms with E-state index >= 15 is 0 Å². The average molecular weight is 379 g/mol. The monoisotopic (exact) mass is 379 g/mol. The summed E-state index contributed by atoms with van der Waals surface area (Å²) in [5.74, 6) is 1.33. The van der Waals surface area contributed by atoms with E-state index in [-0.39, 0.29) is 29.8 Å². The molecular weight excluding hydrogens is 360 g/mol. The zero-order valence-corrected chi connectivity index (χ0v) is 13.0. The second kappa shape index (κ2) is 8.95. The van der Waals surface area contributed by atoms with Crippen molar-refractivity contribution in [3.63, 3.8) is 0 Å². The van der Waals surface area contributed by atoms with Crippen molar-refractivity contribution in [3.05, 3.63) is 30.1 Å². The number of nitrogens with zero attached hydrogens (tertiary/aromatic N) is 1. The molecule has 0 aliphatic carbocycles. The van der Waals surface area contributed by atoms with Gasteiger partial charge in [-0.3, -0.25) is 4.99 Å². The second-order valence-corrected chi connectivity index (χ2v) is 4.09. The van der Waals surface area contributed by atoms with Crippen LogP contribution < -0.4 is 15.4 Å². The van der Waals surface area contributed by atoms with Crippen molar-refractivity contribution >= 4 is 29.9 Å². The van der Waals surface area contributed by atoms with E-state index < -0.39 is 0 Å². The number of halogens is 2. The van der Waals surface area contributed by atoms with E-state index in [0.717, 1.165) is 38.4 Å². The highest BCUT2D eigenvalue weighted by Crippen LogP contribution is 2.10. The van der Waals surface area contributed by atoms with E-state index in [1.165, 1.54) is 12.1 Å². The summed E-state index contributed by atoms with van der Waals surface area (Å²) in [5, 5.41) is 6.41. The number of nitrogens with one attached hydrogen (secondary N) is 2. The molecular formula is C13H19FIN3O. The third kappa shape index (κ3) is 6.09. The van der Waals surface area contributed by atoms with Crippen LogP contribution in [-0.4, -0.2) is 32.2 Å². The fraction of sp³-hybridized carbons (Fsp3) is 0.462. The molecule has 1 aliphatic rings. The van der Waals surface area contributed by atoms with Crippen molar-refractivity contribution in [2.45, 2.75) is 12.8 Å². The van der Waals surface area contributed by atoms with Crippen LogP contribution in [0, 0.1) is 5.82 Å². The highest BCUT2D eigenvalue weighted by molar-refractivity contribution is 14.0. The highest BCUT2D eigenvalue weighted by Gasteiger charge is 2.02. The second-order valence-electron chi connectivity index (χ2n) is 4.09. The third-order valence-electron chi connectivity index (χ3n) is 2.59. The summed E-state index contributed by atoms with van der Waals surface area (Å²) in [6, 6.07) is 6.06. The Bertz CT molecular complexity index is 397. The van der Waals surface area contributed by atoms with Gasteiger partial charge in [0.05, 0.1) is 6.61 Å². The Balaban J connectivity index is 0.00000180. The summed E-state index contributed by atoms with van der Waals surface area (Å²) in [6.07, 6.45) is 1.97. The maximum Gasteiger partial charge on any atom is 0.191 e. The Morgan fingerprint density at radius 3 is 2.79 bits per heavy atom. The molecule has 0 radical (unpaired) electrons. The molecule has 19 heavy (non-hydrogen) atoms. The van der Waals surface area contributed by atoms with Crippen LogP contribution in [0.5, 0.6) is 5.75 Å². The van der Waals surface area contributed by atoms with Gasteiger partial charge in [0, 0.05) is 19.6 Å². The van der Waals surface area contributed by atoms with Crippen molar-refractivity contribution in [2.24, 2.45) is 4.99 Å². The first-order chi connectivity index (χ1) is 8.84. The van der Waals surface area contributed by atoms with Gasteiger partial charge in [0.15, 0.2) is 5.96 Å². The summed E-state index contributed by atoms with van der Waals surface area (Å²) in [6.45, 7) is 3.29. The van der Waals surface area contributed by atoms with E-state index in [9.17, 15) is 4.39 Å². The number of ether oxygens (including phenoxy) is 1. The summed E-state index contributed by atoms with van der Waals surface area (Å²) in [5.41, 5.74) is 0. The molecule has 2 N–H and O–H groups in total. The minimum atomic E-state index is -0.245. The van der Waals surface area contributed by atoms with Crippen LogP contribution >= 0.6 is 24.0 Å². The van der Waals surface area contributed by atoms with Gasteiger partial charge in [-0.2, -0.15) is 0 Å². The van der Waals surface area contributed by atoms with Gasteiger partial charge in [-0.25, -0.2) is 4.39 Å². The maximum atomic E-state index is 12.6. The summed E-state index contributed by atoms with van der Waals surface area (Å²) in [7, 11) is 0. The van der Waals surface area contributed by atoms with E-state index in [0.29, 0.717) is 12.4 Å². The maximum absolute atomic E-state index is 12.6. The molecule has 1 aromatic carbocycles. The fourth-order valence-corrected chi connectivity index (χ4v) is 1.65. The van der Waals surface area contributed by atoms with Crippen molar-refractivity contribution < 1.29 is 9.13 Å². The highest BCUT2D eigenvalue weighted by atomic mass is 127. The van der Waals surface area contributed by atoms with Crippen molar-refractivity contribution in [3.8, 4) is 5.75 Å². The third-order valence-corrected chi connectivity index (χ3v) is 2.59. The molecule has 0 amide bonds. The Morgan fingerprint density at radius 1 is 1.32 bits per heavy atom. The Morgan fingerprint density at radius 2 is 2.11 bits per heavy atom. The minimum absolute atomic E-state index is 0. The number of hydrogen-bond donors (Lipinski definition) is 2. The molecule has 0 saturated heterocycles. The molecule has 0 saturated carbocycles.